The summed E-state index contributed by atoms with van der Waals surface area (Å²) in [6, 6.07) is 14.8. The van der Waals surface area contributed by atoms with Crippen molar-refractivity contribution in [3.63, 3.8) is 0 Å². The van der Waals surface area contributed by atoms with E-state index in [0.717, 1.165) is 22.3 Å². The van der Waals surface area contributed by atoms with Gasteiger partial charge in [0.1, 0.15) is 19.3 Å². The van der Waals surface area contributed by atoms with Crippen LogP contribution in [0.5, 0.6) is 0 Å². The molecule has 9 heteroatoms. The number of ketones is 1. The van der Waals surface area contributed by atoms with E-state index in [2.05, 4.69) is 16.9 Å². The number of aliphatic imine (C=N–C) groups is 1. The van der Waals surface area contributed by atoms with E-state index in [1.54, 1.807) is 0 Å². The molecule has 1 atom stereocenters. The number of hydrogen-bond donors (Lipinski definition) is 3. The fourth-order valence-corrected chi connectivity index (χ4v) is 3.90. The number of esters is 1. The Labute approximate surface area is 197 Å². The Morgan fingerprint density at radius 3 is 2.24 bits per heavy atom. The van der Waals surface area contributed by atoms with Gasteiger partial charge in [0.25, 0.3) is 5.78 Å². The van der Waals surface area contributed by atoms with Crippen molar-refractivity contribution in [1.82, 2.24) is 5.32 Å². The number of carbonyl (C=O) groups excluding carboxylic acids is 3. The maximum absolute atomic E-state index is 12.6. The highest BCUT2D eigenvalue weighted by Gasteiger charge is 2.31. The molecular weight excluding hydrogens is 436 g/mol. The number of benzene rings is 2. The molecule has 0 aliphatic heterocycles. The summed E-state index contributed by atoms with van der Waals surface area (Å²) in [5.74, 6) is -2.17. The van der Waals surface area contributed by atoms with E-state index in [1.165, 1.54) is 6.08 Å². The first-order chi connectivity index (χ1) is 16.4. The third-order valence-corrected chi connectivity index (χ3v) is 5.43. The first kappa shape index (κ1) is 24.5. The fourth-order valence-electron chi connectivity index (χ4n) is 3.90. The van der Waals surface area contributed by atoms with Crippen molar-refractivity contribution in [2.45, 2.75) is 24.8 Å². The Bertz CT molecular complexity index is 1050. The van der Waals surface area contributed by atoms with Crippen LogP contribution in [-0.4, -0.2) is 49.6 Å². The number of amides is 1. The number of fused-ring (bicyclic) bond motifs is 3. The molecule has 1 aliphatic carbocycles. The summed E-state index contributed by atoms with van der Waals surface area (Å²) in [5, 5.41) is 2.49. The van der Waals surface area contributed by atoms with Crippen molar-refractivity contribution >= 4 is 23.8 Å². The molecular formula is C25H28N4O5. The van der Waals surface area contributed by atoms with Crippen LogP contribution < -0.4 is 16.8 Å². The summed E-state index contributed by atoms with van der Waals surface area (Å²) in [4.78, 5) is 41.0. The van der Waals surface area contributed by atoms with Crippen molar-refractivity contribution in [3.05, 3.63) is 72.3 Å². The number of rotatable bonds is 11. The summed E-state index contributed by atoms with van der Waals surface area (Å²) in [7, 11) is 0. The molecule has 0 spiro atoms. The van der Waals surface area contributed by atoms with Crippen LogP contribution in [0.2, 0.25) is 0 Å². The largest absolute Gasteiger partial charge is 0.456 e. The number of nitrogens with zero attached hydrogens (tertiary/aromatic N) is 1. The third-order valence-electron chi connectivity index (χ3n) is 5.43. The highest BCUT2D eigenvalue weighted by atomic mass is 16.6. The van der Waals surface area contributed by atoms with Crippen molar-refractivity contribution < 1.29 is 23.9 Å². The van der Waals surface area contributed by atoms with Crippen LogP contribution in [0.4, 0.5) is 4.79 Å². The SMILES string of the molecule is C=CCOC(=O)C(=O)[C@H](CCCN=C(N)N)NC(=O)OCC1c2ccccc2-c2ccccc21. The number of alkyl carbamates (subject to hydrolysis) is 1. The minimum atomic E-state index is -1.14. The zero-order valence-corrected chi connectivity index (χ0v) is 18.7. The number of guanidine groups is 1. The van der Waals surface area contributed by atoms with Gasteiger partial charge in [-0.05, 0) is 35.1 Å². The summed E-state index contributed by atoms with van der Waals surface area (Å²) in [6.45, 7) is 3.64. The number of carbonyl (C=O) groups is 3. The molecule has 0 unspecified atom stereocenters. The Hall–Kier alpha value is -4.14. The molecule has 34 heavy (non-hydrogen) atoms. The summed E-state index contributed by atoms with van der Waals surface area (Å²) in [6.07, 6.45) is 1.02. The average Bonchev–Trinajstić information content (AvgIpc) is 3.16. The molecule has 5 N–H and O–H groups in total. The van der Waals surface area contributed by atoms with Crippen molar-refractivity contribution in [1.29, 1.82) is 0 Å². The molecule has 2 aromatic carbocycles. The fraction of sp³-hybridized carbons (Fsp3) is 0.280. The molecule has 178 valence electrons. The van der Waals surface area contributed by atoms with Gasteiger partial charge in [0, 0.05) is 12.5 Å². The molecule has 0 fully saturated rings. The normalized spacial score (nSPS) is 12.6. The Kier molecular flexibility index (Phi) is 8.39. The molecule has 0 radical (unpaired) electrons. The maximum atomic E-state index is 12.6. The summed E-state index contributed by atoms with van der Waals surface area (Å²) >= 11 is 0. The number of ether oxygens (including phenoxy) is 2. The second-order valence-corrected chi connectivity index (χ2v) is 7.72. The molecule has 1 aliphatic rings. The second-order valence-electron chi connectivity index (χ2n) is 7.72. The van der Waals surface area contributed by atoms with Gasteiger partial charge in [-0.1, -0.05) is 61.2 Å². The van der Waals surface area contributed by atoms with Crippen LogP contribution in [0.25, 0.3) is 11.1 Å². The van der Waals surface area contributed by atoms with Crippen LogP contribution in [0, 0.1) is 0 Å². The van der Waals surface area contributed by atoms with Crippen molar-refractivity contribution in [2.24, 2.45) is 16.5 Å². The first-order valence-corrected chi connectivity index (χ1v) is 10.9. The van der Waals surface area contributed by atoms with E-state index in [0.29, 0.717) is 6.42 Å². The second kappa shape index (κ2) is 11.6. The van der Waals surface area contributed by atoms with Gasteiger partial charge in [-0.3, -0.25) is 9.79 Å². The minimum Gasteiger partial charge on any atom is -0.456 e. The molecule has 0 aromatic heterocycles. The Balaban J connectivity index is 1.65. The lowest BCUT2D eigenvalue weighted by atomic mass is 9.98. The van der Waals surface area contributed by atoms with Crippen LogP contribution in [-0.2, 0) is 19.1 Å². The topological polar surface area (TPSA) is 146 Å². The quantitative estimate of drug-likeness (QED) is 0.115. The van der Waals surface area contributed by atoms with E-state index >= 15 is 0 Å². The smallest absolute Gasteiger partial charge is 0.407 e. The predicted octanol–water partition coefficient (Wildman–Crippen LogP) is 2.25. The van der Waals surface area contributed by atoms with Crippen molar-refractivity contribution in [2.75, 3.05) is 19.8 Å². The highest BCUT2D eigenvalue weighted by Crippen LogP contribution is 2.44. The van der Waals surface area contributed by atoms with Gasteiger partial charge in [-0.2, -0.15) is 0 Å². The van der Waals surface area contributed by atoms with Gasteiger partial charge in [-0.15, -0.1) is 0 Å². The zero-order chi connectivity index (χ0) is 24.5. The zero-order valence-electron chi connectivity index (χ0n) is 18.7. The molecule has 1 amide bonds. The highest BCUT2D eigenvalue weighted by molar-refractivity contribution is 6.36. The van der Waals surface area contributed by atoms with Crippen LogP contribution >= 0.6 is 0 Å². The lowest BCUT2D eigenvalue weighted by Crippen LogP contribution is -2.45. The first-order valence-electron chi connectivity index (χ1n) is 10.9. The molecule has 0 bridgehead atoms. The molecule has 0 heterocycles. The number of hydrogen-bond acceptors (Lipinski definition) is 6. The van der Waals surface area contributed by atoms with Gasteiger partial charge in [0.05, 0.1) is 0 Å². The van der Waals surface area contributed by atoms with E-state index < -0.39 is 23.9 Å². The Morgan fingerprint density at radius 2 is 1.65 bits per heavy atom. The van der Waals surface area contributed by atoms with E-state index in [4.69, 9.17) is 20.9 Å². The van der Waals surface area contributed by atoms with Crippen molar-refractivity contribution in [3.8, 4) is 11.1 Å². The van der Waals surface area contributed by atoms with E-state index in [-0.39, 0.29) is 38.1 Å². The van der Waals surface area contributed by atoms with Gasteiger partial charge >= 0.3 is 12.1 Å². The lowest BCUT2D eigenvalue weighted by Gasteiger charge is -2.18. The molecule has 0 saturated carbocycles. The molecule has 0 saturated heterocycles. The molecule has 3 rings (SSSR count). The van der Waals surface area contributed by atoms with E-state index in [9.17, 15) is 14.4 Å². The van der Waals surface area contributed by atoms with Gasteiger partial charge in [-0.25, -0.2) is 9.59 Å². The number of nitrogens with two attached hydrogens (primary N) is 2. The minimum absolute atomic E-state index is 0.0790. The Morgan fingerprint density at radius 1 is 1.03 bits per heavy atom. The van der Waals surface area contributed by atoms with Gasteiger partial charge < -0.3 is 26.3 Å². The van der Waals surface area contributed by atoms with Crippen LogP contribution in [0.1, 0.15) is 29.9 Å². The molecule has 2 aromatic rings. The standard InChI is InChI=1S/C25H28N4O5/c1-2-14-33-23(31)22(30)21(12-7-13-28-24(26)27)29-25(32)34-15-20-18-10-5-3-8-16(18)17-9-4-6-11-19(17)20/h2-6,8-11,20-21H,1,7,12-15H2,(H,29,32)(H4,26,27,28)/t21-/m0/s1. The number of Topliss-reactive ketones (excluding diaryl/α,β-unsaturated/α-hetero) is 1. The monoisotopic (exact) mass is 464 g/mol. The lowest BCUT2D eigenvalue weighted by molar-refractivity contribution is -0.153. The van der Waals surface area contributed by atoms with Crippen LogP contribution in [0.3, 0.4) is 0 Å². The maximum Gasteiger partial charge on any atom is 0.407 e. The summed E-state index contributed by atoms with van der Waals surface area (Å²) < 4.78 is 10.3. The third kappa shape index (κ3) is 6.00. The van der Waals surface area contributed by atoms with E-state index in [1.807, 2.05) is 48.5 Å². The average molecular weight is 465 g/mol. The van der Waals surface area contributed by atoms with Crippen LogP contribution in [0.15, 0.2) is 66.2 Å². The molecule has 9 nitrogen and oxygen atoms in total. The van der Waals surface area contributed by atoms with Gasteiger partial charge in [0.2, 0.25) is 0 Å². The van der Waals surface area contributed by atoms with Gasteiger partial charge in [0.15, 0.2) is 5.96 Å². The number of nitrogens with one attached hydrogen (secondary N) is 1. The predicted molar refractivity (Wildman–Crippen MR) is 128 cm³/mol. The summed E-state index contributed by atoms with van der Waals surface area (Å²) in [5.41, 5.74) is 14.9.